The molecule has 1 N–H and O–H groups in total. The minimum Gasteiger partial charge on any atom is -0.392 e. The van der Waals surface area contributed by atoms with Gasteiger partial charge in [-0.25, -0.2) is 0 Å². The second kappa shape index (κ2) is 3.35. The molecule has 0 bridgehead atoms. The zero-order chi connectivity index (χ0) is 7.56. The van der Waals surface area contributed by atoms with Crippen LogP contribution in [0.3, 0.4) is 0 Å². The van der Waals surface area contributed by atoms with E-state index < -0.39 is 0 Å². The van der Waals surface area contributed by atoms with Gasteiger partial charge in [-0.2, -0.15) is 0 Å². The lowest BCUT2D eigenvalue weighted by Gasteiger charge is -2.21. The van der Waals surface area contributed by atoms with Crippen molar-refractivity contribution in [1.82, 2.24) is 4.90 Å². The van der Waals surface area contributed by atoms with Crippen molar-refractivity contribution in [3.05, 3.63) is 0 Å². The van der Waals surface area contributed by atoms with Crippen molar-refractivity contribution in [1.29, 1.82) is 0 Å². The van der Waals surface area contributed by atoms with Gasteiger partial charge in [0, 0.05) is 12.6 Å². The fourth-order valence-corrected chi connectivity index (χ4v) is 1.60. The molecule has 0 aromatic heterocycles. The summed E-state index contributed by atoms with van der Waals surface area (Å²) in [5.41, 5.74) is 0. The molecular formula is C8H17NO. The van der Waals surface area contributed by atoms with Crippen molar-refractivity contribution in [3.63, 3.8) is 0 Å². The first-order chi connectivity index (χ1) is 4.70. The molecule has 0 amide bonds. The highest BCUT2D eigenvalue weighted by Gasteiger charge is 2.20. The molecule has 0 aromatic rings. The van der Waals surface area contributed by atoms with Gasteiger partial charge in [-0.05, 0) is 33.2 Å². The van der Waals surface area contributed by atoms with Crippen molar-refractivity contribution < 1.29 is 5.11 Å². The van der Waals surface area contributed by atoms with E-state index in [0.717, 1.165) is 6.54 Å². The summed E-state index contributed by atoms with van der Waals surface area (Å²) in [6.07, 6.45) is 2.43. The number of hydrogen-bond acceptors (Lipinski definition) is 2. The van der Waals surface area contributed by atoms with Gasteiger partial charge in [0.25, 0.3) is 0 Å². The van der Waals surface area contributed by atoms with Gasteiger partial charge in [0.1, 0.15) is 0 Å². The molecule has 0 radical (unpaired) electrons. The van der Waals surface area contributed by atoms with Gasteiger partial charge in [-0.1, -0.05) is 0 Å². The van der Waals surface area contributed by atoms with Crippen molar-refractivity contribution in [2.24, 2.45) is 0 Å². The fraction of sp³-hybridized carbons (Fsp3) is 1.00. The van der Waals surface area contributed by atoms with E-state index in [1.807, 2.05) is 6.92 Å². The van der Waals surface area contributed by atoms with Crippen molar-refractivity contribution in [2.75, 3.05) is 13.1 Å². The molecule has 1 heterocycles. The summed E-state index contributed by atoms with van der Waals surface area (Å²) in [5, 5.41) is 9.09. The highest BCUT2D eigenvalue weighted by Crippen LogP contribution is 2.15. The summed E-state index contributed by atoms with van der Waals surface area (Å²) < 4.78 is 0. The van der Waals surface area contributed by atoms with Gasteiger partial charge in [0.05, 0.1) is 6.10 Å². The molecule has 2 nitrogen and oxygen atoms in total. The van der Waals surface area contributed by atoms with E-state index in [4.69, 9.17) is 5.11 Å². The number of aliphatic hydroxyl groups excluding tert-OH is 1. The Balaban J connectivity index is 2.26. The molecule has 1 aliphatic rings. The summed E-state index contributed by atoms with van der Waals surface area (Å²) in [6, 6.07) is 0.689. The summed E-state index contributed by atoms with van der Waals surface area (Å²) in [4.78, 5) is 2.35. The number of rotatable bonds is 2. The lowest BCUT2D eigenvalue weighted by Crippen LogP contribution is -2.33. The van der Waals surface area contributed by atoms with Crippen molar-refractivity contribution >= 4 is 0 Å². The first-order valence-corrected chi connectivity index (χ1v) is 4.12. The van der Waals surface area contributed by atoms with E-state index in [1.54, 1.807) is 0 Å². The third-order valence-electron chi connectivity index (χ3n) is 2.19. The zero-order valence-electron chi connectivity index (χ0n) is 6.88. The second-order valence-electron chi connectivity index (χ2n) is 3.34. The van der Waals surface area contributed by atoms with Gasteiger partial charge in [-0.3, -0.25) is 4.90 Å². The standard InChI is InChI=1S/C8H17NO/c1-7-4-3-5-9(7)6-8(2)10/h7-8,10H,3-6H2,1-2H3. The summed E-state index contributed by atoms with van der Waals surface area (Å²) in [6.45, 7) is 6.10. The van der Waals surface area contributed by atoms with Crippen LogP contribution in [0.1, 0.15) is 26.7 Å². The molecule has 1 aliphatic heterocycles. The number of nitrogens with zero attached hydrogens (tertiary/aromatic N) is 1. The maximum atomic E-state index is 9.09. The number of hydrogen-bond donors (Lipinski definition) is 1. The minimum absolute atomic E-state index is 0.166. The SMILES string of the molecule is CC(O)CN1CCCC1C. The lowest BCUT2D eigenvalue weighted by atomic mass is 10.2. The molecule has 1 fully saturated rings. The molecule has 0 spiro atoms. The van der Waals surface area contributed by atoms with Gasteiger partial charge >= 0.3 is 0 Å². The smallest absolute Gasteiger partial charge is 0.0639 e. The van der Waals surface area contributed by atoms with Gasteiger partial charge < -0.3 is 5.11 Å². The molecule has 0 aliphatic carbocycles. The Morgan fingerprint density at radius 1 is 1.70 bits per heavy atom. The molecule has 1 rings (SSSR count). The Morgan fingerprint density at radius 2 is 2.40 bits per heavy atom. The van der Waals surface area contributed by atoms with Crippen molar-refractivity contribution in [2.45, 2.75) is 38.8 Å². The quantitative estimate of drug-likeness (QED) is 0.619. The molecule has 2 atom stereocenters. The molecule has 1 saturated heterocycles. The molecule has 60 valence electrons. The Labute approximate surface area is 62.8 Å². The molecule has 10 heavy (non-hydrogen) atoms. The average Bonchev–Trinajstić information content (AvgIpc) is 2.15. The van der Waals surface area contributed by atoms with Crippen LogP contribution in [-0.4, -0.2) is 35.2 Å². The Morgan fingerprint density at radius 3 is 2.80 bits per heavy atom. The molecule has 2 heteroatoms. The summed E-state index contributed by atoms with van der Waals surface area (Å²) >= 11 is 0. The maximum Gasteiger partial charge on any atom is 0.0639 e. The van der Waals surface area contributed by atoms with Crippen LogP contribution >= 0.6 is 0 Å². The third kappa shape index (κ3) is 1.96. The first kappa shape index (κ1) is 8.02. The lowest BCUT2D eigenvalue weighted by molar-refractivity contribution is 0.123. The fourth-order valence-electron chi connectivity index (χ4n) is 1.60. The van der Waals surface area contributed by atoms with E-state index in [9.17, 15) is 0 Å². The predicted molar refractivity (Wildman–Crippen MR) is 41.9 cm³/mol. The van der Waals surface area contributed by atoms with E-state index in [2.05, 4.69) is 11.8 Å². The predicted octanol–water partition coefficient (Wildman–Crippen LogP) is 0.852. The van der Waals surface area contributed by atoms with Gasteiger partial charge in [0.15, 0.2) is 0 Å². The Hall–Kier alpha value is -0.0800. The number of likely N-dealkylation sites (tertiary alicyclic amines) is 1. The van der Waals surface area contributed by atoms with Crippen LogP contribution in [0, 0.1) is 0 Å². The molecular weight excluding hydrogens is 126 g/mol. The van der Waals surface area contributed by atoms with E-state index in [1.165, 1.54) is 19.4 Å². The highest BCUT2D eigenvalue weighted by atomic mass is 16.3. The summed E-state index contributed by atoms with van der Waals surface area (Å²) in [7, 11) is 0. The average molecular weight is 143 g/mol. The first-order valence-electron chi connectivity index (χ1n) is 4.12. The van der Waals surface area contributed by atoms with Crippen molar-refractivity contribution in [3.8, 4) is 0 Å². The number of β-amino-alcohol motifs (C(OH)–C–C–N with tert-alkyl or cyclic N) is 1. The van der Waals surface area contributed by atoms with Crippen LogP contribution < -0.4 is 0 Å². The molecule has 0 saturated carbocycles. The van der Waals surface area contributed by atoms with Crippen LogP contribution in [0.15, 0.2) is 0 Å². The highest BCUT2D eigenvalue weighted by molar-refractivity contribution is 4.75. The monoisotopic (exact) mass is 143 g/mol. The van der Waals surface area contributed by atoms with E-state index >= 15 is 0 Å². The van der Waals surface area contributed by atoms with Crippen LogP contribution in [0.4, 0.5) is 0 Å². The minimum atomic E-state index is -0.166. The third-order valence-corrected chi connectivity index (χ3v) is 2.19. The topological polar surface area (TPSA) is 23.5 Å². The van der Waals surface area contributed by atoms with Gasteiger partial charge in [0.2, 0.25) is 0 Å². The normalized spacial score (nSPS) is 30.9. The second-order valence-corrected chi connectivity index (χ2v) is 3.34. The van der Waals surface area contributed by atoms with Crippen LogP contribution in [-0.2, 0) is 0 Å². The van der Waals surface area contributed by atoms with Crippen LogP contribution in [0.2, 0.25) is 0 Å². The summed E-state index contributed by atoms with van der Waals surface area (Å²) in [5.74, 6) is 0. The molecule has 2 unspecified atom stereocenters. The maximum absolute atomic E-state index is 9.09. The largest absolute Gasteiger partial charge is 0.392 e. The van der Waals surface area contributed by atoms with E-state index in [-0.39, 0.29) is 6.10 Å². The van der Waals surface area contributed by atoms with Gasteiger partial charge in [-0.15, -0.1) is 0 Å². The number of aliphatic hydroxyl groups is 1. The van der Waals surface area contributed by atoms with Crippen LogP contribution in [0.5, 0.6) is 0 Å². The van der Waals surface area contributed by atoms with E-state index in [0.29, 0.717) is 6.04 Å². The molecule has 0 aromatic carbocycles. The Kier molecular flexibility index (Phi) is 2.69. The Bertz CT molecular complexity index is 103. The zero-order valence-corrected chi connectivity index (χ0v) is 6.88. The van der Waals surface area contributed by atoms with Crippen LogP contribution in [0.25, 0.3) is 0 Å².